The Morgan fingerprint density at radius 1 is 0.833 bits per heavy atom. The maximum atomic E-state index is 9.31. The third kappa shape index (κ3) is 5.83. The van der Waals surface area contributed by atoms with Crippen molar-refractivity contribution in [2.75, 3.05) is 44.9 Å². The zero-order valence-electron chi connectivity index (χ0n) is 12.0. The van der Waals surface area contributed by atoms with Crippen molar-refractivity contribution < 1.29 is 43.8 Å². The van der Waals surface area contributed by atoms with Gasteiger partial charge in [0, 0.05) is 18.7 Å². The van der Waals surface area contributed by atoms with Crippen molar-refractivity contribution in [2.45, 2.75) is 33.2 Å². The fourth-order valence-corrected chi connectivity index (χ4v) is 4.00. The standard InChI is InChI=1S/C12H30NO3Si.HI/c1-4-13(5-2,6-3)8-7-9-17(10-14,11-15)12-16;/h14-16H,4-12H2,1-3H3;1H/q+1;/p-1. The molecule has 0 aromatic rings. The van der Waals surface area contributed by atoms with E-state index in [2.05, 4.69) is 20.8 Å². The number of hydrogen-bond donors (Lipinski definition) is 3. The molecule has 4 nitrogen and oxygen atoms in total. The number of hydrogen-bond acceptors (Lipinski definition) is 3. The van der Waals surface area contributed by atoms with Crippen LogP contribution in [0.5, 0.6) is 0 Å². The summed E-state index contributed by atoms with van der Waals surface area (Å²) in [6.07, 6.45) is 0.961. The first-order valence-electron chi connectivity index (χ1n) is 6.75. The van der Waals surface area contributed by atoms with E-state index in [1.807, 2.05) is 0 Å². The Labute approximate surface area is 130 Å². The summed E-state index contributed by atoms with van der Waals surface area (Å²) in [6, 6.07) is 0.816. The number of rotatable bonds is 10. The Hall–Kier alpha value is 0.787. The summed E-state index contributed by atoms with van der Waals surface area (Å²) in [7, 11) is -2.20. The van der Waals surface area contributed by atoms with Crippen molar-refractivity contribution in [3.05, 3.63) is 0 Å². The molecule has 0 aromatic heterocycles. The van der Waals surface area contributed by atoms with Gasteiger partial charge in [0.1, 0.15) is 8.07 Å². The fraction of sp³-hybridized carbons (Fsp3) is 1.00. The van der Waals surface area contributed by atoms with Gasteiger partial charge in [0.25, 0.3) is 0 Å². The van der Waals surface area contributed by atoms with Crippen molar-refractivity contribution in [2.24, 2.45) is 0 Å². The monoisotopic (exact) mass is 391 g/mol. The second kappa shape index (κ2) is 10.6. The van der Waals surface area contributed by atoms with Gasteiger partial charge in [-0.1, -0.05) is 0 Å². The molecule has 0 heterocycles. The number of nitrogens with zero attached hydrogens (tertiary/aromatic N) is 1. The molecular formula is C12H30INO3Si. The molecule has 0 saturated carbocycles. The van der Waals surface area contributed by atoms with Crippen molar-refractivity contribution in [3.8, 4) is 0 Å². The molecule has 0 aromatic carbocycles. The van der Waals surface area contributed by atoms with Crippen molar-refractivity contribution >= 4 is 8.07 Å². The zero-order chi connectivity index (χ0) is 13.4. The second-order valence-corrected chi connectivity index (χ2v) is 9.54. The SMILES string of the molecule is CC[N+](CC)(CC)CCC[Si](CO)(CO)CO.[I-]. The molecule has 0 unspecified atom stereocenters. The maximum absolute atomic E-state index is 9.31. The topological polar surface area (TPSA) is 60.7 Å². The Balaban J connectivity index is 0. The van der Waals surface area contributed by atoms with Gasteiger partial charge in [0.05, 0.1) is 26.2 Å². The minimum Gasteiger partial charge on any atom is -1.00 e. The van der Waals surface area contributed by atoms with Gasteiger partial charge in [0.15, 0.2) is 0 Å². The van der Waals surface area contributed by atoms with E-state index in [1.165, 1.54) is 0 Å². The molecule has 0 radical (unpaired) electrons. The summed E-state index contributed by atoms with van der Waals surface area (Å²) in [6.45, 7) is 11.1. The molecule has 112 valence electrons. The van der Waals surface area contributed by atoms with Crippen LogP contribution in [0.1, 0.15) is 27.2 Å². The van der Waals surface area contributed by atoms with Crippen LogP contribution in [0.3, 0.4) is 0 Å². The highest BCUT2D eigenvalue weighted by molar-refractivity contribution is 6.79. The van der Waals surface area contributed by atoms with Gasteiger partial charge in [-0.05, 0) is 33.2 Å². The van der Waals surface area contributed by atoms with E-state index in [9.17, 15) is 15.3 Å². The van der Waals surface area contributed by atoms with Gasteiger partial charge >= 0.3 is 0 Å². The molecule has 18 heavy (non-hydrogen) atoms. The Morgan fingerprint density at radius 3 is 1.50 bits per heavy atom. The van der Waals surface area contributed by atoms with E-state index in [4.69, 9.17) is 0 Å². The number of aliphatic hydroxyl groups is 3. The highest BCUT2D eigenvalue weighted by Gasteiger charge is 2.32. The maximum Gasteiger partial charge on any atom is 0.140 e. The predicted octanol–water partition coefficient (Wildman–Crippen LogP) is -2.70. The lowest BCUT2D eigenvalue weighted by molar-refractivity contribution is -0.923. The number of quaternary nitrogens is 1. The van der Waals surface area contributed by atoms with E-state index in [0.29, 0.717) is 0 Å². The minimum absolute atomic E-state index is 0. The zero-order valence-corrected chi connectivity index (χ0v) is 15.2. The first kappa shape index (κ1) is 21.1. The average Bonchev–Trinajstić information content (AvgIpc) is 2.41. The van der Waals surface area contributed by atoms with Gasteiger partial charge in [-0.15, -0.1) is 0 Å². The van der Waals surface area contributed by atoms with Crippen LogP contribution in [0, 0.1) is 0 Å². The van der Waals surface area contributed by atoms with Crippen molar-refractivity contribution in [1.29, 1.82) is 0 Å². The molecule has 0 fully saturated rings. The Bertz CT molecular complexity index is 163. The van der Waals surface area contributed by atoms with Gasteiger partial charge in [-0.3, -0.25) is 0 Å². The molecule has 0 rings (SSSR count). The minimum atomic E-state index is -2.20. The van der Waals surface area contributed by atoms with E-state index < -0.39 is 8.07 Å². The van der Waals surface area contributed by atoms with Crippen LogP contribution in [0.4, 0.5) is 0 Å². The van der Waals surface area contributed by atoms with Gasteiger partial charge in [-0.25, -0.2) is 0 Å². The third-order valence-electron chi connectivity index (χ3n) is 4.36. The Kier molecular flexibility index (Phi) is 12.4. The van der Waals surface area contributed by atoms with Gasteiger partial charge in [-0.2, -0.15) is 0 Å². The molecule has 0 bridgehead atoms. The molecule has 6 heteroatoms. The molecular weight excluding hydrogens is 361 g/mol. The molecule has 3 N–H and O–H groups in total. The van der Waals surface area contributed by atoms with Crippen molar-refractivity contribution in [1.82, 2.24) is 0 Å². The van der Waals surface area contributed by atoms with Crippen molar-refractivity contribution in [3.63, 3.8) is 0 Å². The van der Waals surface area contributed by atoms with Crippen LogP contribution < -0.4 is 24.0 Å². The first-order valence-corrected chi connectivity index (χ1v) is 9.58. The lowest BCUT2D eigenvalue weighted by Gasteiger charge is -2.37. The van der Waals surface area contributed by atoms with Crippen LogP contribution in [0.25, 0.3) is 0 Å². The summed E-state index contributed by atoms with van der Waals surface area (Å²) in [5, 5.41) is 27.9. The average molecular weight is 391 g/mol. The van der Waals surface area contributed by atoms with Crippen LogP contribution in [-0.4, -0.2) is 72.7 Å². The van der Waals surface area contributed by atoms with E-state index in [-0.39, 0.29) is 42.7 Å². The lowest BCUT2D eigenvalue weighted by atomic mass is 10.3. The summed E-state index contributed by atoms with van der Waals surface area (Å²) < 4.78 is 1.09. The number of halogens is 1. The molecule has 0 atom stereocenters. The predicted molar refractivity (Wildman–Crippen MR) is 73.2 cm³/mol. The molecule has 0 aliphatic rings. The summed E-state index contributed by atoms with van der Waals surface area (Å²) in [5.41, 5.74) is 0. The quantitative estimate of drug-likeness (QED) is 0.216. The molecule has 0 aliphatic heterocycles. The van der Waals surface area contributed by atoms with E-state index in [0.717, 1.165) is 43.1 Å². The summed E-state index contributed by atoms with van der Waals surface area (Å²) >= 11 is 0. The van der Waals surface area contributed by atoms with E-state index >= 15 is 0 Å². The lowest BCUT2D eigenvalue weighted by Crippen LogP contribution is -3.00. The normalized spacial score (nSPS) is 12.3. The molecule has 0 amide bonds. The van der Waals surface area contributed by atoms with Gasteiger partial charge < -0.3 is 43.8 Å². The molecule has 0 aliphatic carbocycles. The van der Waals surface area contributed by atoms with Gasteiger partial charge in [0.2, 0.25) is 0 Å². The van der Waals surface area contributed by atoms with Crippen LogP contribution in [0.2, 0.25) is 6.04 Å². The Morgan fingerprint density at radius 2 is 1.22 bits per heavy atom. The molecule has 0 spiro atoms. The first-order chi connectivity index (χ1) is 8.07. The summed E-state index contributed by atoms with van der Waals surface area (Å²) in [4.78, 5) is 0. The van der Waals surface area contributed by atoms with Crippen LogP contribution in [-0.2, 0) is 0 Å². The highest BCUT2D eigenvalue weighted by atomic mass is 127. The third-order valence-corrected chi connectivity index (χ3v) is 7.78. The fourth-order valence-electron chi connectivity index (χ4n) is 2.32. The second-order valence-electron chi connectivity index (χ2n) is 5.09. The number of aliphatic hydroxyl groups excluding tert-OH is 3. The van der Waals surface area contributed by atoms with Crippen LogP contribution >= 0.6 is 0 Å². The van der Waals surface area contributed by atoms with E-state index in [1.54, 1.807) is 0 Å². The highest BCUT2D eigenvalue weighted by Crippen LogP contribution is 2.15. The largest absolute Gasteiger partial charge is 1.00 e. The smallest absolute Gasteiger partial charge is 0.140 e. The summed E-state index contributed by atoms with van der Waals surface area (Å²) in [5.74, 6) is 0. The molecule has 0 saturated heterocycles. The van der Waals surface area contributed by atoms with Crippen LogP contribution in [0.15, 0.2) is 0 Å².